The Balaban J connectivity index is 1.71. The van der Waals surface area contributed by atoms with Crippen LogP contribution in [-0.4, -0.2) is 30.5 Å². The molecule has 3 rings (SSSR count). The predicted octanol–water partition coefficient (Wildman–Crippen LogP) is 4.97. The summed E-state index contributed by atoms with van der Waals surface area (Å²) in [4.78, 5) is 16.0. The number of rotatable bonds is 9. The highest BCUT2D eigenvalue weighted by molar-refractivity contribution is 7.09. The molecule has 1 heterocycles. The lowest BCUT2D eigenvalue weighted by molar-refractivity contribution is -0.118. The zero-order chi connectivity index (χ0) is 20.6. The molecule has 0 aliphatic carbocycles. The van der Waals surface area contributed by atoms with Gasteiger partial charge in [-0.15, -0.1) is 11.3 Å². The number of nitrogens with zero attached hydrogens (tertiary/aromatic N) is 1. The minimum Gasteiger partial charge on any atom is -0.497 e. The molecule has 6 heteroatoms. The summed E-state index contributed by atoms with van der Waals surface area (Å²) in [5, 5.41) is 4.74. The minimum absolute atomic E-state index is 0.141. The molecule has 1 unspecified atom stereocenters. The van der Waals surface area contributed by atoms with E-state index in [1.165, 1.54) is 10.9 Å². The molecule has 0 radical (unpaired) electrons. The number of nitrogens with one attached hydrogen (secondary N) is 1. The topological polar surface area (TPSA) is 41.6 Å². The van der Waals surface area contributed by atoms with E-state index in [1.54, 1.807) is 36.6 Å². The fraction of sp³-hybridized carbons (Fsp3) is 0.261. The molecule has 1 amide bonds. The van der Waals surface area contributed by atoms with Gasteiger partial charge in [0.2, 0.25) is 5.91 Å². The standard InChI is InChI=1S/C23H25FN2O2S/c1-17(14-20-6-5-13-29-20)26(15-18-9-11-19(28-2)12-10-18)16-23(27)25-22-8-4-3-7-21(22)24/h3-13,17H,14-16H2,1-2H3,(H,25,27). The van der Waals surface area contributed by atoms with E-state index >= 15 is 0 Å². The molecule has 0 spiro atoms. The minimum atomic E-state index is -0.436. The van der Waals surface area contributed by atoms with Crippen LogP contribution in [0.2, 0.25) is 0 Å². The van der Waals surface area contributed by atoms with E-state index in [0.29, 0.717) is 6.54 Å². The summed E-state index contributed by atoms with van der Waals surface area (Å²) in [6.07, 6.45) is 0.848. The first-order valence-corrected chi connectivity index (χ1v) is 10.4. The van der Waals surface area contributed by atoms with Crippen molar-refractivity contribution in [2.45, 2.75) is 25.9 Å². The van der Waals surface area contributed by atoms with E-state index in [4.69, 9.17) is 4.74 Å². The van der Waals surface area contributed by atoms with E-state index in [1.807, 2.05) is 30.3 Å². The van der Waals surface area contributed by atoms with Crippen molar-refractivity contribution in [2.75, 3.05) is 19.0 Å². The SMILES string of the molecule is COc1ccc(CN(CC(=O)Nc2ccccc2F)C(C)Cc2cccs2)cc1. The molecular weight excluding hydrogens is 387 g/mol. The van der Waals surface area contributed by atoms with Crippen molar-refractivity contribution in [3.63, 3.8) is 0 Å². The summed E-state index contributed by atoms with van der Waals surface area (Å²) >= 11 is 1.71. The fourth-order valence-corrected chi connectivity index (χ4v) is 3.95. The third-order valence-electron chi connectivity index (χ3n) is 4.74. The Morgan fingerprint density at radius 3 is 2.55 bits per heavy atom. The Kier molecular flexibility index (Phi) is 7.38. The van der Waals surface area contributed by atoms with Crippen molar-refractivity contribution < 1.29 is 13.9 Å². The summed E-state index contributed by atoms with van der Waals surface area (Å²) in [5.41, 5.74) is 1.29. The molecule has 152 valence electrons. The predicted molar refractivity (Wildman–Crippen MR) is 116 cm³/mol. The van der Waals surface area contributed by atoms with Crippen LogP contribution >= 0.6 is 11.3 Å². The number of carbonyl (C=O) groups is 1. The van der Waals surface area contributed by atoms with Gasteiger partial charge >= 0.3 is 0 Å². The highest BCUT2D eigenvalue weighted by atomic mass is 32.1. The second-order valence-corrected chi connectivity index (χ2v) is 7.95. The summed E-state index contributed by atoms with van der Waals surface area (Å²) in [5.74, 6) is 0.125. The molecule has 0 saturated heterocycles. The van der Waals surface area contributed by atoms with Gasteiger partial charge in [-0.3, -0.25) is 9.69 Å². The molecular formula is C23H25FN2O2S. The van der Waals surface area contributed by atoms with Crippen molar-refractivity contribution in [2.24, 2.45) is 0 Å². The zero-order valence-corrected chi connectivity index (χ0v) is 17.4. The van der Waals surface area contributed by atoms with Gasteiger partial charge in [0.15, 0.2) is 0 Å². The van der Waals surface area contributed by atoms with Crippen molar-refractivity contribution in [3.05, 3.63) is 82.3 Å². The lowest BCUT2D eigenvalue weighted by atomic mass is 10.1. The van der Waals surface area contributed by atoms with E-state index < -0.39 is 5.82 Å². The Bertz CT molecular complexity index is 913. The maximum atomic E-state index is 13.9. The highest BCUT2D eigenvalue weighted by Gasteiger charge is 2.19. The van der Waals surface area contributed by atoms with Crippen LogP contribution in [0.3, 0.4) is 0 Å². The molecule has 4 nitrogen and oxygen atoms in total. The highest BCUT2D eigenvalue weighted by Crippen LogP contribution is 2.19. The molecule has 0 saturated carbocycles. The zero-order valence-electron chi connectivity index (χ0n) is 16.6. The molecule has 3 aromatic rings. The number of ether oxygens (including phenoxy) is 1. The van der Waals surface area contributed by atoms with Gasteiger partial charge in [0, 0.05) is 17.5 Å². The van der Waals surface area contributed by atoms with Gasteiger partial charge in [-0.25, -0.2) is 4.39 Å². The Hall–Kier alpha value is -2.70. The van der Waals surface area contributed by atoms with Crippen LogP contribution in [0.4, 0.5) is 10.1 Å². The molecule has 2 aromatic carbocycles. The van der Waals surface area contributed by atoms with Crippen LogP contribution in [0.1, 0.15) is 17.4 Å². The van der Waals surface area contributed by atoms with Crippen LogP contribution in [0, 0.1) is 5.82 Å². The molecule has 29 heavy (non-hydrogen) atoms. The Morgan fingerprint density at radius 2 is 1.90 bits per heavy atom. The average molecular weight is 413 g/mol. The number of thiophene rings is 1. The molecule has 0 aliphatic rings. The summed E-state index contributed by atoms with van der Waals surface area (Å²) in [7, 11) is 1.64. The van der Waals surface area contributed by atoms with E-state index in [9.17, 15) is 9.18 Å². The number of para-hydroxylation sites is 1. The fourth-order valence-electron chi connectivity index (χ4n) is 3.12. The number of hydrogen-bond acceptors (Lipinski definition) is 4. The first kappa shape index (κ1) is 21.0. The first-order valence-electron chi connectivity index (χ1n) is 9.49. The number of methoxy groups -OCH3 is 1. The summed E-state index contributed by atoms with van der Waals surface area (Å²) in [6.45, 7) is 2.90. The van der Waals surface area contributed by atoms with Gasteiger partial charge in [0.25, 0.3) is 0 Å². The van der Waals surface area contributed by atoms with E-state index in [2.05, 4.69) is 28.6 Å². The number of benzene rings is 2. The maximum Gasteiger partial charge on any atom is 0.238 e. The average Bonchev–Trinajstić information content (AvgIpc) is 3.23. The third-order valence-corrected chi connectivity index (χ3v) is 5.64. The molecule has 1 aromatic heterocycles. The summed E-state index contributed by atoms with van der Waals surface area (Å²) in [6, 6.07) is 18.3. The first-order chi connectivity index (χ1) is 14.0. The van der Waals surface area contributed by atoms with Gasteiger partial charge in [-0.05, 0) is 54.6 Å². The third kappa shape index (κ3) is 6.14. The van der Waals surface area contributed by atoms with Crippen molar-refractivity contribution in [3.8, 4) is 5.75 Å². The monoisotopic (exact) mass is 412 g/mol. The number of anilines is 1. The van der Waals surface area contributed by atoms with Gasteiger partial charge < -0.3 is 10.1 Å². The number of carbonyl (C=O) groups excluding carboxylic acids is 1. The van der Waals surface area contributed by atoms with Crippen LogP contribution in [0.15, 0.2) is 66.0 Å². The molecule has 1 atom stereocenters. The van der Waals surface area contributed by atoms with E-state index in [-0.39, 0.29) is 24.2 Å². The largest absolute Gasteiger partial charge is 0.497 e. The smallest absolute Gasteiger partial charge is 0.238 e. The second kappa shape index (κ2) is 10.2. The van der Waals surface area contributed by atoms with Gasteiger partial charge in [0.05, 0.1) is 19.3 Å². The Labute approximate surface area is 174 Å². The van der Waals surface area contributed by atoms with Crippen molar-refractivity contribution >= 4 is 22.9 Å². The normalized spacial score (nSPS) is 12.0. The van der Waals surface area contributed by atoms with Crippen LogP contribution in [0.25, 0.3) is 0 Å². The van der Waals surface area contributed by atoms with Crippen molar-refractivity contribution in [1.82, 2.24) is 4.90 Å². The lowest BCUT2D eigenvalue weighted by Gasteiger charge is -2.28. The van der Waals surface area contributed by atoms with Crippen LogP contribution in [0.5, 0.6) is 5.75 Å². The van der Waals surface area contributed by atoms with Gasteiger partial charge in [-0.1, -0.05) is 30.3 Å². The quantitative estimate of drug-likeness (QED) is 0.540. The summed E-state index contributed by atoms with van der Waals surface area (Å²) < 4.78 is 19.1. The number of amides is 1. The molecule has 0 bridgehead atoms. The maximum absolute atomic E-state index is 13.9. The lowest BCUT2D eigenvalue weighted by Crippen LogP contribution is -2.40. The molecule has 0 aliphatic heterocycles. The van der Waals surface area contributed by atoms with E-state index in [0.717, 1.165) is 17.7 Å². The van der Waals surface area contributed by atoms with Crippen molar-refractivity contribution in [1.29, 1.82) is 0 Å². The number of hydrogen-bond donors (Lipinski definition) is 1. The van der Waals surface area contributed by atoms with Gasteiger partial charge in [-0.2, -0.15) is 0 Å². The van der Waals surface area contributed by atoms with Gasteiger partial charge in [0.1, 0.15) is 11.6 Å². The molecule has 1 N–H and O–H groups in total. The van der Waals surface area contributed by atoms with Crippen LogP contribution < -0.4 is 10.1 Å². The molecule has 0 fully saturated rings. The number of halogens is 1. The van der Waals surface area contributed by atoms with Crippen LogP contribution in [-0.2, 0) is 17.8 Å². The second-order valence-electron chi connectivity index (χ2n) is 6.91. The Morgan fingerprint density at radius 1 is 1.14 bits per heavy atom.